The van der Waals surface area contributed by atoms with Crippen LogP contribution in [-0.2, 0) is 33.0 Å². The fourth-order valence-electron chi connectivity index (χ4n) is 2.46. The monoisotopic (exact) mass is 413 g/mol. The van der Waals surface area contributed by atoms with Gasteiger partial charge in [0.2, 0.25) is 5.91 Å². The molecule has 0 aromatic heterocycles. The van der Waals surface area contributed by atoms with Gasteiger partial charge in [-0.1, -0.05) is 36.4 Å². The van der Waals surface area contributed by atoms with Gasteiger partial charge in [0.1, 0.15) is 6.04 Å². The highest BCUT2D eigenvalue weighted by atomic mass is 32.2. The second kappa shape index (κ2) is 9.50. The number of aliphatic carboxylic acids is 1. The lowest BCUT2D eigenvalue weighted by molar-refractivity contribution is -0.141. The normalized spacial score (nSPS) is 13.5. The first-order valence-electron chi connectivity index (χ1n) is 8.28. The average molecular weight is 413 g/mol. The number of carboxylic acids is 1. The van der Waals surface area contributed by atoms with Crippen LogP contribution >= 0.6 is 0 Å². The zero-order chi connectivity index (χ0) is 20.7. The van der Waals surface area contributed by atoms with Crippen molar-refractivity contribution in [2.75, 3.05) is 5.75 Å². The lowest BCUT2D eigenvalue weighted by atomic mass is 10.1. The van der Waals surface area contributed by atoms with E-state index < -0.39 is 46.9 Å². The summed E-state index contributed by atoms with van der Waals surface area (Å²) in [6.07, 6.45) is -5.00. The van der Waals surface area contributed by atoms with E-state index in [2.05, 4.69) is 5.32 Å². The number of carbonyl (C=O) groups is 2. The summed E-state index contributed by atoms with van der Waals surface area (Å²) in [7, 11) is -1.43. The number of alkyl halides is 3. The lowest BCUT2D eigenvalue weighted by Crippen LogP contribution is -2.42. The molecule has 0 aliphatic heterocycles. The van der Waals surface area contributed by atoms with Crippen molar-refractivity contribution in [2.24, 2.45) is 0 Å². The zero-order valence-electron chi connectivity index (χ0n) is 14.6. The van der Waals surface area contributed by atoms with Gasteiger partial charge < -0.3 is 10.4 Å². The van der Waals surface area contributed by atoms with E-state index in [4.69, 9.17) is 0 Å². The number of carbonyl (C=O) groups excluding carboxylic acids is 1. The van der Waals surface area contributed by atoms with Gasteiger partial charge in [-0.25, -0.2) is 4.79 Å². The number of hydrogen-bond acceptors (Lipinski definition) is 3. The molecule has 9 heteroatoms. The van der Waals surface area contributed by atoms with Crippen LogP contribution in [0.3, 0.4) is 0 Å². The van der Waals surface area contributed by atoms with E-state index in [9.17, 15) is 32.1 Å². The first-order chi connectivity index (χ1) is 13.2. The lowest BCUT2D eigenvalue weighted by Gasteiger charge is -2.15. The molecule has 2 aromatic rings. The number of carboxylic acid groups (broad SMARTS) is 1. The van der Waals surface area contributed by atoms with Gasteiger partial charge in [0.25, 0.3) is 0 Å². The molecular weight excluding hydrogens is 395 g/mol. The summed E-state index contributed by atoms with van der Waals surface area (Å²) in [5.74, 6) is -2.01. The molecule has 0 aliphatic carbocycles. The number of nitrogens with one attached hydrogen (secondary N) is 1. The first kappa shape index (κ1) is 21.6. The molecule has 0 heterocycles. The molecule has 0 saturated carbocycles. The highest BCUT2D eigenvalue weighted by molar-refractivity contribution is 7.85. The third-order valence-electron chi connectivity index (χ3n) is 3.85. The number of halogens is 3. The Morgan fingerprint density at radius 3 is 2.36 bits per heavy atom. The van der Waals surface area contributed by atoms with Crippen molar-refractivity contribution < 1.29 is 32.1 Å². The molecule has 28 heavy (non-hydrogen) atoms. The molecule has 2 aromatic carbocycles. The molecule has 2 N–H and O–H groups in total. The zero-order valence-corrected chi connectivity index (χ0v) is 15.4. The van der Waals surface area contributed by atoms with Gasteiger partial charge >= 0.3 is 12.1 Å². The Kier molecular flexibility index (Phi) is 7.33. The van der Waals surface area contributed by atoms with Crippen LogP contribution in [0.4, 0.5) is 13.2 Å². The molecule has 1 amide bonds. The molecule has 0 saturated heterocycles. The van der Waals surface area contributed by atoms with Gasteiger partial charge in [0.15, 0.2) is 0 Å². The van der Waals surface area contributed by atoms with E-state index in [0.717, 1.165) is 12.1 Å². The Labute approximate surface area is 162 Å². The average Bonchev–Trinajstić information content (AvgIpc) is 2.64. The van der Waals surface area contributed by atoms with Gasteiger partial charge in [-0.2, -0.15) is 13.2 Å². The molecule has 2 rings (SSSR count). The number of hydrogen-bond donors (Lipinski definition) is 2. The number of benzene rings is 2. The Morgan fingerprint density at radius 1 is 1.07 bits per heavy atom. The smallest absolute Gasteiger partial charge is 0.416 e. The highest BCUT2D eigenvalue weighted by Gasteiger charge is 2.30. The summed E-state index contributed by atoms with van der Waals surface area (Å²) in [4.78, 5) is 24.0. The van der Waals surface area contributed by atoms with Gasteiger partial charge in [-0.3, -0.25) is 9.00 Å². The van der Waals surface area contributed by atoms with Crippen LogP contribution < -0.4 is 5.32 Å². The van der Waals surface area contributed by atoms with Gasteiger partial charge in [0.05, 0.1) is 22.8 Å². The van der Waals surface area contributed by atoms with E-state index in [1.165, 1.54) is 12.1 Å². The summed E-state index contributed by atoms with van der Waals surface area (Å²) >= 11 is 0. The van der Waals surface area contributed by atoms with E-state index in [0.29, 0.717) is 4.90 Å². The van der Waals surface area contributed by atoms with Crippen LogP contribution in [0.15, 0.2) is 59.5 Å². The number of amides is 1. The quantitative estimate of drug-likeness (QED) is 0.697. The molecule has 2 atom stereocenters. The van der Waals surface area contributed by atoms with Gasteiger partial charge in [0, 0.05) is 10.6 Å². The highest BCUT2D eigenvalue weighted by Crippen LogP contribution is 2.29. The molecule has 0 fully saturated rings. The fraction of sp³-hybridized carbons (Fsp3) is 0.263. The van der Waals surface area contributed by atoms with E-state index in [1.54, 1.807) is 30.3 Å². The Hall–Kier alpha value is -2.68. The first-order valence-corrected chi connectivity index (χ1v) is 9.60. The van der Waals surface area contributed by atoms with Crippen molar-refractivity contribution in [2.45, 2.75) is 30.0 Å². The van der Waals surface area contributed by atoms with Crippen LogP contribution in [0.2, 0.25) is 0 Å². The molecule has 5 nitrogen and oxygen atoms in total. The second-order valence-electron chi connectivity index (χ2n) is 5.98. The van der Waals surface area contributed by atoms with Crippen molar-refractivity contribution in [3.63, 3.8) is 0 Å². The van der Waals surface area contributed by atoms with Crippen molar-refractivity contribution in [1.29, 1.82) is 0 Å². The summed E-state index contributed by atoms with van der Waals surface area (Å²) < 4.78 is 50.4. The Balaban J connectivity index is 1.95. The molecule has 150 valence electrons. The SMILES string of the molecule is O=C(Cc1cccc(C(F)(F)F)c1)N[C@H](CC[S@@](=O)c1ccccc1)C(=O)O. The summed E-state index contributed by atoms with van der Waals surface area (Å²) in [5.41, 5.74) is -0.768. The van der Waals surface area contributed by atoms with Crippen molar-refractivity contribution in [3.8, 4) is 0 Å². The standard InChI is InChI=1S/C19H18F3NO4S/c20-19(21,22)14-6-4-5-13(11-14)12-17(24)23-16(18(25)26)9-10-28(27)15-7-2-1-3-8-15/h1-8,11,16H,9-10,12H2,(H,23,24)(H,25,26)/t16-,28-/m1/s1. The second-order valence-corrected chi connectivity index (χ2v) is 7.56. The maximum atomic E-state index is 12.7. The Morgan fingerprint density at radius 2 is 1.75 bits per heavy atom. The van der Waals surface area contributed by atoms with Crippen LogP contribution in [0.25, 0.3) is 0 Å². The predicted molar refractivity (Wildman–Crippen MR) is 97.0 cm³/mol. The van der Waals surface area contributed by atoms with Gasteiger partial charge in [-0.05, 0) is 30.2 Å². The van der Waals surface area contributed by atoms with Crippen LogP contribution in [0.1, 0.15) is 17.5 Å². The van der Waals surface area contributed by atoms with E-state index in [1.807, 2.05) is 0 Å². The minimum atomic E-state index is -4.53. The molecule has 0 bridgehead atoms. The van der Waals surface area contributed by atoms with E-state index >= 15 is 0 Å². The van der Waals surface area contributed by atoms with E-state index in [-0.39, 0.29) is 17.7 Å². The van der Waals surface area contributed by atoms with Crippen LogP contribution in [0.5, 0.6) is 0 Å². The van der Waals surface area contributed by atoms with Crippen molar-refractivity contribution >= 4 is 22.7 Å². The summed E-state index contributed by atoms with van der Waals surface area (Å²) in [6, 6.07) is 11.5. The largest absolute Gasteiger partial charge is 0.480 e. The fourth-order valence-corrected chi connectivity index (χ4v) is 3.61. The minimum Gasteiger partial charge on any atom is -0.480 e. The molecular formula is C19H18F3NO4S. The summed E-state index contributed by atoms with van der Waals surface area (Å²) in [6.45, 7) is 0. The molecule has 0 unspecified atom stereocenters. The summed E-state index contributed by atoms with van der Waals surface area (Å²) in [5, 5.41) is 11.5. The maximum Gasteiger partial charge on any atom is 0.416 e. The maximum absolute atomic E-state index is 12.7. The molecule has 0 spiro atoms. The van der Waals surface area contributed by atoms with Crippen LogP contribution in [-0.4, -0.2) is 33.0 Å². The van der Waals surface area contributed by atoms with Gasteiger partial charge in [-0.15, -0.1) is 0 Å². The third-order valence-corrected chi connectivity index (χ3v) is 5.25. The molecule has 0 radical (unpaired) electrons. The topological polar surface area (TPSA) is 83.5 Å². The van der Waals surface area contributed by atoms with Crippen LogP contribution in [0, 0.1) is 0 Å². The van der Waals surface area contributed by atoms with Crippen molar-refractivity contribution in [3.05, 3.63) is 65.7 Å². The number of rotatable bonds is 8. The predicted octanol–water partition coefficient (Wildman–Crippen LogP) is 3.02. The molecule has 0 aliphatic rings. The third kappa shape index (κ3) is 6.49. The minimum absolute atomic E-state index is 0.0187. The Bertz CT molecular complexity index is 856. The van der Waals surface area contributed by atoms with Crippen molar-refractivity contribution in [1.82, 2.24) is 5.32 Å².